The highest BCUT2D eigenvalue weighted by Crippen LogP contribution is 2.68. The van der Waals surface area contributed by atoms with E-state index in [4.69, 9.17) is 14.6 Å². The minimum atomic E-state index is -1.20. The molecule has 6 heteroatoms. The summed E-state index contributed by atoms with van der Waals surface area (Å²) in [7, 11) is 0. The van der Waals surface area contributed by atoms with Crippen LogP contribution in [0.15, 0.2) is 24.3 Å². The Balaban J connectivity index is 1.89. The zero-order valence-electron chi connectivity index (χ0n) is 16.6. The molecule has 6 nitrogen and oxygen atoms in total. The molecule has 0 heterocycles. The van der Waals surface area contributed by atoms with Crippen LogP contribution in [0.3, 0.4) is 0 Å². The van der Waals surface area contributed by atoms with Gasteiger partial charge in [0.1, 0.15) is 13.2 Å². The molecule has 1 unspecified atom stereocenters. The van der Waals surface area contributed by atoms with Gasteiger partial charge in [0.15, 0.2) is 0 Å². The van der Waals surface area contributed by atoms with Gasteiger partial charge >= 0.3 is 17.9 Å². The number of hydrogen-bond acceptors (Lipinski definition) is 5. The molecule has 27 heavy (non-hydrogen) atoms. The van der Waals surface area contributed by atoms with E-state index in [-0.39, 0.29) is 41.1 Å². The van der Waals surface area contributed by atoms with E-state index in [0.29, 0.717) is 0 Å². The van der Waals surface area contributed by atoms with E-state index in [9.17, 15) is 14.4 Å². The van der Waals surface area contributed by atoms with Gasteiger partial charge in [-0.1, -0.05) is 46.8 Å². The second kappa shape index (κ2) is 7.33. The fraction of sp³-hybridized carbons (Fsp3) is 0.571. The summed E-state index contributed by atoms with van der Waals surface area (Å²) in [5, 5.41) is 9.12. The fourth-order valence-corrected chi connectivity index (χ4v) is 3.67. The molecule has 1 aromatic rings. The van der Waals surface area contributed by atoms with Gasteiger partial charge in [0.05, 0.1) is 16.5 Å². The standard InChI is InChI=1S/C21H28O6/c1-19(2,3)12-21(13-20(21,4)5)18(25)27-11-10-26-17(24)15-9-7-6-8-14(15)16(22)23/h6-9H,10-13H2,1-5H3,(H,22,23). The van der Waals surface area contributed by atoms with E-state index in [1.165, 1.54) is 18.2 Å². The number of rotatable bonds is 7. The molecule has 1 fully saturated rings. The van der Waals surface area contributed by atoms with E-state index >= 15 is 0 Å². The van der Waals surface area contributed by atoms with Crippen LogP contribution in [0.25, 0.3) is 0 Å². The highest BCUT2D eigenvalue weighted by molar-refractivity contribution is 6.02. The minimum absolute atomic E-state index is 0.000200. The van der Waals surface area contributed by atoms with Crippen LogP contribution in [0.5, 0.6) is 0 Å². The molecule has 0 radical (unpaired) electrons. The summed E-state index contributed by atoms with van der Waals surface area (Å²) < 4.78 is 10.5. The Morgan fingerprint density at radius 1 is 1.04 bits per heavy atom. The van der Waals surface area contributed by atoms with Gasteiger partial charge in [-0.2, -0.15) is 0 Å². The Morgan fingerprint density at radius 2 is 1.56 bits per heavy atom. The lowest BCUT2D eigenvalue weighted by Crippen LogP contribution is -2.30. The van der Waals surface area contributed by atoms with Crippen molar-refractivity contribution in [2.45, 2.75) is 47.5 Å². The number of benzene rings is 1. The average molecular weight is 376 g/mol. The van der Waals surface area contributed by atoms with Crippen LogP contribution < -0.4 is 0 Å². The highest BCUT2D eigenvalue weighted by atomic mass is 16.6. The number of carboxylic acid groups (broad SMARTS) is 1. The van der Waals surface area contributed by atoms with Crippen molar-refractivity contribution >= 4 is 17.9 Å². The van der Waals surface area contributed by atoms with Crippen LogP contribution >= 0.6 is 0 Å². The number of carbonyl (C=O) groups is 3. The van der Waals surface area contributed by atoms with Crippen LogP contribution in [0.4, 0.5) is 0 Å². The highest BCUT2D eigenvalue weighted by Gasteiger charge is 2.67. The molecule has 148 valence electrons. The van der Waals surface area contributed by atoms with Gasteiger partial charge in [0, 0.05) is 0 Å². The summed E-state index contributed by atoms with van der Waals surface area (Å²) >= 11 is 0. The zero-order chi connectivity index (χ0) is 20.5. The number of hydrogen-bond donors (Lipinski definition) is 1. The molecule has 1 atom stereocenters. The van der Waals surface area contributed by atoms with Crippen LogP contribution in [-0.2, 0) is 14.3 Å². The number of esters is 2. The van der Waals surface area contributed by atoms with E-state index in [1.54, 1.807) is 6.07 Å². The normalized spacial score (nSPS) is 20.6. The molecule has 1 saturated carbocycles. The Labute approximate surface area is 159 Å². The summed E-state index contributed by atoms with van der Waals surface area (Å²) in [6.07, 6.45) is 1.51. The van der Waals surface area contributed by atoms with Crippen LogP contribution in [-0.4, -0.2) is 36.2 Å². The predicted octanol–water partition coefficient (Wildman–Crippen LogP) is 3.94. The quantitative estimate of drug-likeness (QED) is 0.573. The van der Waals surface area contributed by atoms with Crippen molar-refractivity contribution in [3.8, 4) is 0 Å². The number of aromatic carboxylic acids is 1. The maximum absolute atomic E-state index is 12.6. The molecule has 0 aliphatic heterocycles. The first-order valence-electron chi connectivity index (χ1n) is 9.06. The van der Waals surface area contributed by atoms with E-state index < -0.39 is 17.4 Å². The SMILES string of the molecule is CC(C)(C)CC1(C(=O)OCCOC(=O)c2ccccc2C(=O)O)CC1(C)C. The van der Waals surface area contributed by atoms with Gasteiger partial charge < -0.3 is 14.6 Å². The van der Waals surface area contributed by atoms with Crippen LogP contribution in [0.1, 0.15) is 68.2 Å². The first kappa shape index (κ1) is 20.9. The molecule has 1 N–H and O–H groups in total. The molecule has 0 bridgehead atoms. The molecular weight excluding hydrogens is 348 g/mol. The molecule has 1 aliphatic rings. The van der Waals surface area contributed by atoms with Crippen LogP contribution in [0, 0.1) is 16.2 Å². The topological polar surface area (TPSA) is 89.9 Å². The summed E-state index contributed by atoms with van der Waals surface area (Å²) in [5.74, 6) is -2.21. The van der Waals surface area contributed by atoms with Gasteiger partial charge in [-0.25, -0.2) is 9.59 Å². The fourth-order valence-electron chi connectivity index (χ4n) is 3.67. The third-order valence-electron chi connectivity index (χ3n) is 5.06. The first-order valence-corrected chi connectivity index (χ1v) is 9.06. The van der Waals surface area contributed by atoms with Crippen molar-refractivity contribution in [3.63, 3.8) is 0 Å². The zero-order valence-corrected chi connectivity index (χ0v) is 16.6. The molecule has 0 aromatic heterocycles. The molecule has 2 rings (SSSR count). The van der Waals surface area contributed by atoms with Gasteiger partial charge in [0.25, 0.3) is 0 Å². The Hall–Kier alpha value is -2.37. The third-order valence-corrected chi connectivity index (χ3v) is 5.06. The average Bonchev–Trinajstić information content (AvgIpc) is 3.10. The molecular formula is C21H28O6. The molecule has 0 saturated heterocycles. The van der Waals surface area contributed by atoms with Crippen molar-refractivity contribution in [2.24, 2.45) is 16.2 Å². The van der Waals surface area contributed by atoms with Crippen molar-refractivity contribution in [2.75, 3.05) is 13.2 Å². The van der Waals surface area contributed by atoms with Gasteiger partial charge in [0.2, 0.25) is 0 Å². The van der Waals surface area contributed by atoms with E-state index in [1.807, 2.05) is 0 Å². The second-order valence-corrected chi connectivity index (χ2v) is 9.00. The Kier molecular flexibility index (Phi) is 5.68. The molecule has 0 spiro atoms. The summed E-state index contributed by atoms with van der Waals surface area (Å²) in [5.41, 5.74) is -0.744. The summed E-state index contributed by atoms with van der Waals surface area (Å²) in [4.78, 5) is 35.9. The second-order valence-electron chi connectivity index (χ2n) is 9.00. The Bertz CT molecular complexity index is 743. The number of carboxylic acids is 1. The molecule has 1 aromatic carbocycles. The van der Waals surface area contributed by atoms with Crippen LogP contribution in [0.2, 0.25) is 0 Å². The lowest BCUT2D eigenvalue weighted by atomic mass is 9.79. The van der Waals surface area contributed by atoms with Gasteiger partial charge in [-0.15, -0.1) is 0 Å². The third kappa shape index (κ3) is 4.67. The van der Waals surface area contributed by atoms with E-state index in [0.717, 1.165) is 12.8 Å². The maximum Gasteiger partial charge on any atom is 0.339 e. The number of ether oxygens (including phenoxy) is 2. The first-order chi connectivity index (χ1) is 12.4. The van der Waals surface area contributed by atoms with Crippen molar-refractivity contribution in [3.05, 3.63) is 35.4 Å². The maximum atomic E-state index is 12.6. The smallest absolute Gasteiger partial charge is 0.339 e. The minimum Gasteiger partial charge on any atom is -0.478 e. The summed E-state index contributed by atoms with van der Waals surface area (Å²) in [6, 6.07) is 5.83. The lowest BCUT2D eigenvalue weighted by Gasteiger charge is -2.27. The molecule has 0 amide bonds. The monoisotopic (exact) mass is 376 g/mol. The van der Waals surface area contributed by atoms with Crippen molar-refractivity contribution in [1.82, 2.24) is 0 Å². The Morgan fingerprint density at radius 3 is 2.04 bits per heavy atom. The number of carbonyl (C=O) groups excluding carboxylic acids is 2. The van der Waals surface area contributed by atoms with Gasteiger partial charge in [-0.3, -0.25) is 4.79 Å². The largest absolute Gasteiger partial charge is 0.478 e. The lowest BCUT2D eigenvalue weighted by molar-refractivity contribution is -0.154. The molecule has 1 aliphatic carbocycles. The summed E-state index contributed by atoms with van der Waals surface area (Å²) in [6.45, 7) is 10.2. The van der Waals surface area contributed by atoms with Crippen molar-refractivity contribution in [1.29, 1.82) is 0 Å². The van der Waals surface area contributed by atoms with Gasteiger partial charge in [-0.05, 0) is 35.8 Å². The van der Waals surface area contributed by atoms with Crippen molar-refractivity contribution < 1.29 is 29.0 Å². The van der Waals surface area contributed by atoms with E-state index in [2.05, 4.69) is 34.6 Å². The predicted molar refractivity (Wildman–Crippen MR) is 99.5 cm³/mol.